The minimum absolute atomic E-state index is 0.217. The standard InChI is InChI=1S/C13H14Cl2N2OS/c1-7-5-17(6-8(2)18-7)13-16-12-10(15)3-9(14)4-11(12)19-13/h3-4,7-8H,5-6H2,1-2H3/t7-,8-/m1/s1. The summed E-state index contributed by atoms with van der Waals surface area (Å²) in [5, 5.41) is 2.25. The monoisotopic (exact) mass is 316 g/mol. The van der Waals surface area contributed by atoms with Gasteiger partial charge in [-0.05, 0) is 26.0 Å². The van der Waals surface area contributed by atoms with Crippen LogP contribution in [0.25, 0.3) is 10.2 Å². The van der Waals surface area contributed by atoms with Crippen molar-refractivity contribution in [2.45, 2.75) is 26.1 Å². The van der Waals surface area contributed by atoms with Gasteiger partial charge in [-0.25, -0.2) is 4.98 Å². The molecule has 0 unspecified atom stereocenters. The Morgan fingerprint density at radius 1 is 1.26 bits per heavy atom. The highest BCUT2D eigenvalue weighted by Crippen LogP contribution is 2.36. The van der Waals surface area contributed by atoms with Crippen LogP contribution in [0.2, 0.25) is 10.0 Å². The minimum atomic E-state index is 0.217. The number of thiazole rings is 1. The molecule has 1 aromatic carbocycles. The Morgan fingerprint density at radius 3 is 2.63 bits per heavy atom. The lowest BCUT2D eigenvalue weighted by Crippen LogP contribution is -2.45. The first-order valence-electron chi connectivity index (χ1n) is 6.19. The Bertz CT molecular complexity index is 606. The molecular weight excluding hydrogens is 303 g/mol. The third kappa shape index (κ3) is 2.68. The van der Waals surface area contributed by atoms with Gasteiger partial charge in [-0.2, -0.15) is 0 Å². The van der Waals surface area contributed by atoms with E-state index in [1.54, 1.807) is 17.4 Å². The van der Waals surface area contributed by atoms with Gasteiger partial charge in [0.1, 0.15) is 5.52 Å². The van der Waals surface area contributed by atoms with E-state index in [9.17, 15) is 0 Å². The quantitative estimate of drug-likeness (QED) is 0.787. The lowest BCUT2D eigenvalue weighted by molar-refractivity contribution is -0.00521. The van der Waals surface area contributed by atoms with Gasteiger partial charge in [0.05, 0.1) is 21.9 Å². The van der Waals surface area contributed by atoms with Crippen LogP contribution < -0.4 is 4.90 Å². The molecule has 19 heavy (non-hydrogen) atoms. The van der Waals surface area contributed by atoms with Gasteiger partial charge in [-0.1, -0.05) is 34.5 Å². The molecule has 0 saturated carbocycles. The predicted molar refractivity (Wildman–Crippen MR) is 81.9 cm³/mol. The lowest BCUT2D eigenvalue weighted by atomic mass is 10.2. The fourth-order valence-corrected chi connectivity index (χ4v) is 4.12. The topological polar surface area (TPSA) is 25.4 Å². The lowest BCUT2D eigenvalue weighted by Gasteiger charge is -2.35. The molecule has 2 heterocycles. The number of benzene rings is 1. The molecule has 3 rings (SSSR count). The average Bonchev–Trinajstić information content (AvgIpc) is 2.71. The van der Waals surface area contributed by atoms with Gasteiger partial charge in [0.15, 0.2) is 5.13 Å². The van der Waals surface area contributed by atoms with Crippen LogP contribution in [0.1, 0.15) is 13.8 Å². The fraction of sp³-hybridized carbons (Fsp3) is 0.462. The zero-order valence-corrected chi connectivity index (χ0v) is 13.0. The van der Waals surface area contributed by atoms with E-state index in [0.29, 0.717) is 10.0 Å². The smallest absolute Gasteiger partial charge is 0.186 e. The molecule has 1 aliphatic heterocycles. The molecule has 0 radical (unpaired) electrons. The zero-order valence-electron chi connectivity index (χ0n) is 10.7. The molecule has 3 nitrogen and oxygen atoms in total. The first-order chi connectivity index (χ1) is 9.02. The minimum Gasteiger partial charge on any atom is -0.372 e. The van der Waals surface area contributed by atoms with E-state index in [0.717, 1.165) is 28.4 Å². The van der Waals surface area contributed by atoms with Crippen molar-refractivity contribution in [2.24, 2.45) is 0 Å². The summed E-state index contributed by atoms with van der Waals surface area (Å²) in [6.07, 6.45) is 0.435. The number of fused-ring (bicyclic) bond motifs is 1. The number of ether oxygens (including phenoxy) is 1. The van der Waals surface area contributed by atoms with Crippen molar-refractivity contribution < 1.29 is 4.74 Å². The maximum absolute atomic E-state index is 6.19. The molecule has 0 spiro atoms. The highest BCUT2D eigenvalue weighted by Gasteiger charge is 2.24. The number of hydrogen-bond donors (Lipinski definition) is 0. The van der Waals surface area contributed by atoms with Crippen LogP contribution in [0.15, 0.2) is 12.1 Å². The van der Waals surface area contributed by atoms with Crippen LogP contribution >= 0.6 is 34.5 Å². The molecular formula is C13H14Cl2N2OS. The van der Waals surface area contributed by atoms with Crippen LogP contribution in [0.5, 0.6) is 0 Å². The van der Waals surface area contributed by atoms with Gasteiger partial charge in [0.2, 0.25) is 0 Å². The molecule has 6 heteroatoms. The molecule has 2 atom stereocenters. The Balaban J connectivity index is 1.99. The predicted octanol–water partition coefficient (Wildman–Crippen LogP) is 4.22. The van der Waals surface area contributed by atoms with Gasteiger partial charge in [-0.15, -0.1) is 0 Å². The van der Waals surface area contributed by atoms with Gasteiger partial charge >= 0.3 is 0 Å². The molecule has 1 saturated heterocycles. The summed E-state index contributed by atoms with van der Waals surface area (Å²) >= 11 is 13.8. The van der Waals surface area contributed by atoms with Crippen LogP contribution in [-0.4, -0.2) is 30.3 Å². The van der Waals surface area contributed by atoms with E-state index < -0.39 is 0 Å². The number of halogens is 2. The van der Waals surface area contributed by atoms with E-state index in [-0.39, 0.29) is 12.2 Å². The maximum atomic E-state index is 6.19. The molecule has 0 bridgehead atoms. The molecule has 102 valence electrons. The molecule has 2 aromatic rings. The van der Waals surface area contributed by atoms with Crippen molar-refractivity contribution in [3.63, 3.8) is 0 Å². The Morgan fingerprint density at radius 2 is 1.95 bits per heavy atom. The molecule has 0 aliphatic carbocycles. The number of hydrogen-bond acceptors (Lipinski definition) is 4. The summed E-state index contributed by atoms with van der Waals surface area (Å²) in [6.45, 7) is 5.88. The molecule has 1 aromatic heterocycles. The highest BCUT2D eigenvalue weighted by molar-refractivity contribution is 7.22. The molecule has 0 amide bonds. The van der Waals surface area contributed by atoms with Crippen LogP contribution in [0.3, 0.4) is 0 Å². The second-order valence-electron chi connectivity index (χ2n) is 4.89. The van der Waals surface area contributed by atoms with Crippen molar-refractivity contribution in [1.29, 1.82) is 0 Å². The van der Waals surface area contributed by atoms with Crippen molar-refractivity contribution in [3.05, 3.63) is 22.2 Å². The van der Waals surface area contributed by atoms with Crippen molar-refractivity contribution in [2.75, 3.05) is 18.0 Å². The zero-order chi connectivity index (χ0) is 13.6. The SMILES string of the molecule is C[C@@H]1CN(c2nc3c(Cl)cc(Cl)cc3s2)C[C@@H](C)O1. The third-order valence-corrected chi connectivity index (χ3v) is 4.66. The van der Waals surface area contributed by atoms with E-state index in [1.807, 2.05) is 6.07 Å². The highest BCUT2D eigenvalue weighted by atomic mass is 35.5. The van der Waals surface area contributed by atoms with Crippen LogP contribution in [-0.2, 0) is 4.74 Å². The third-order valence-electron chi connectivity index (χ3n) is 3.09. The first-order valence-corrected chi connectivity index (χ1v) is 7.76. The maximum Gasteiger partial charge on any atom is 0.186 e. The number of rotatable bonds is 1. The Hall–Kier alpha value is -0.550. The van der Waals surface area contributed by atoms with Crippen molar-refractivity contribution in [1.82, 2.24) is 4.98 Å². The second kappa shape index (κ2) is 5.09. The second-order valence-corrected chi connectivity index (χ2v) is 6.75. The molecule has 1 aliphatic rings. The van der Waals surface area contributed by atoms with Crippen LogP contribution in [0, 0.1) is 0 Å². The number of morpholine rings is 1. The van der Waals surface area contributed by atoms with E-state index >= 15 is 0 Å². The summed E-state index contributed by atoms with van der Waals surface area (Å²) < 4.78 is 6.77. The van der Waals surface area contributed by atoms with Crippen molar-refractivity contribution >= 4 is 49.9 Å². The number of aromatic nitrogens is 1. The molecule has 1 fully saturated rings. The largest absolute Gasteiger partial charge is 0.372 e. The van der Waals surface area contributed by atoms with Crippen molar-refractivity contribution in [3.8, 4) is 0 Å². The molecule has 0 N–H and O–H groups in total. The van der Waals surface area contributed by atoms with E-state index in [1.165, 1.54) is 0 Å². The Labute approximate surface area is 126 Å². The Kier molecular flexibility index (Phi) is 3.60. The van der Waals surface area contributed by atoms with Crippen LogP contribution in [0.4, 0.5) is 5.13 Å². The van der Waals surface area contributed by atoms with Gasteiger partial charge < -0.3 is 9.64 Å². The summed E-state index contributed by atoms with van der Waals surface area (Å²) in [7, 11) is 0. The van der Waals surface area contributed by atoms with E-state index in [2.05, 4.69) is 23.7 Å². The summed E-state index contributed by atoms with van der Waals surface area (Å²) in [4.78, 5) is 6.90. The normalized spacial score (nSPS) is 24.1. The summed E-state index contributed by atoms with van der Waals surface area (Å²) in [5.41, 5.74) is 0.831. The summed E-state index contributed by atoms with van der Waals surface area (Å²) in [5.74, 6) is 0. The average molecular weight is 317 g/mol. The number of nitrogens with zero attached hydrogens (tertiary/aromatic N) is 2. The van der Waals surface area contributed by atoms with Gasteiger partial charge in [0.25, 0.3) is 0 Å². The number of anilines is 1. The first kappa shape index (κ1) is 13.4. The fourth-order valence-electron chi connectivity index (χ4n) is 2.41. The van der Waals surface area contributed by atoms with Gasteiger partial charge in [-0.3, -0.25) is 0 Å². The van der Waals surface area contributed by atoms with E-state index in [4.69, 9.17) is 27.9 Å². The summed E-state index contributed by atoms with van der Waals surface area (Å²) in [6, 6.07) is 3.65. The van der Waals surface area contributed by atoms with Gasteiger partial charge in [0, 0.05) is 18.1 Å².